The topological polar surface area (TPSA) is 77.8 Å². The number of hydrogen-bond acceptors (Lipinski definition) is 4. The second kappa shape index (κ2) is 6.40. The van der Waals surface area contributed by atoms with E-state index in [1.807, 2.05) is 13.0 Å². The normalized spacial score (nSPS) is 9.25. The van der Waals surface area contributed by atoms with Crippen LogP contribution in [0.4, 0.5) is 5.69 Å². The van der Waals surface area contributed by atoms with Crippen molar-refractivity contribution in [1.82, 2.24) is 10.3 Å². The molecule has 0 saturated heterocycles. The SMILES string of the molecule is CCCNC(=O)CNc1cnccc1C#N. The van der Waals surface area contributed by atoms with Crippen LogP contribution in [-0.2, 0) is 4.79 Å². The van der Waals surface area contributed by atoms with Gasteiger partial charge in [0.1, 0.15) is 6.07 Å². The lowest BCUT2D eigenvalue weighted by atomic mass is 10.2. The zero-order valence-corrected chi connectivity index (χ0v) is 9.16. The number of nitriles is 1. The van der Waals surface area contributed by atoms with E-state index in [2.05, 4.69) is 15.6 Å². The summed E-state index contributed by atoms with van der Waals surface area (Å²) in [6.45, 7) is 2.81. The average Bonchev–Trinajstić information content (AvgIpc) is 2.34. The van der Waals surface area contributed by atoms with Crippen LogP contribution in [0, 0.1) is 11.3 Å². The number of aromatic nitrogens is 1. The van der Waals surface area contributed by atoms with E-state index in [0.29, 0.717) is 17.8 Å². The predicted molar refractivity (Wildman–Crippen MR) is 60.7 cm³/mol. The van der Waals surface area contributed by atoms with Gasteiger partial charge < -0.3 is 10.6 Å². The molecule has 0 saturated carbocycles. The second-order valence-corrected chi connectivity index (χ2v) is 3.24. The first-order valence-electron chi connectivity index (χ1n) is 5.12. The highest BCUT2D eigenvalue weighted by molar-refractivity contribution is 5.81. The highest BCUT2D eigenvalue weighted by atomic mass is 16.1. The fourth-order valence-corrected chi connectivity index (χ4v) is 1.14. The van der Waals surface area contributed by atoms with Crippen LogP contribution in [-0.4, -0.2) is 24.0 Å². The van der Waals surface area contributed by atoms with Crippen molar-refractivity contribution in [3.63, 3.8) is 0 Å². The fraction of sp³-hybridized carbons (Fsp3) is 0.364. The Labute approximate surface area is 94.5 Å². The Hall–Kier alpha value is -2.09. The molecule has 1 heterocycles. The van der Waals surface area contributed by atoms with Gasteiger partial charge in [0.05, 0.1) is 24.0 Å². The highest BCUT2D eigenvalue weighted by Crippen LogP contribution is 2.10. The van der Waals surface area contributed by atoms with E-state index >= 15 is 0 Å². The summed E-state index contributed by atoms with van der Waals surface area (Å²) in [5.74, 6) is -0.0883. The molecular weight excluding hydrogens is 204 g/mol. The van der Waals surface area contributed by atoms with E-state index in [1.54, 1.807) is 12.3 Å². The molecule has 16 heavy (non-hydrogen) atoms. The van der Waals surface area contributed by atoms with E-state index < -0.39 is 0 Å². The standard InChI is InChI=1S/C11H14N4O/c1-2-4-14-11(16)8-15-10-7-13-5-3-9(10)6-12/h3,5,7,15H,2,4,8H2,1H3,(H,14,16). The third-order valence-corrected chi connectivity index (χ3v) is 1.95. The maximum atomic E-state index is 11.3. The number of pyridine rings is 1. The summed E-state index contributed by atoms with van der Waals surface area (Å²) in [5, 5.41) is 14.4. The Morgan fingerprint density at radius 2 is 2.44 bits per heavy atom. The van der Waals surface area contributed by atoms with Crippen LogP contribution in [0.5, 0.6) is 0 Å². The molecule has 1 amide bonds. The first kappa shape index (κ1) is 12.0. The number of rotatable bonds is 5. The first-order valence-corrected chi connectivity index (χ1v) is 5.12. The lowest BCUT2D eigenvalue weighted by Gasteiger charge is -2.07. The molecule has 0 aliphatic rings. The van der Waals surface area contributed by atoms with Gasteiger partial charge in [0, 0.05) is 12.7 Å². The molecule has 1 rings (SSSR count). The van der Waals surface area contributed by atoms with Crippen molar-refractivity contribution in [2.75, 3.05) is 18.4 Å². The van der Waals surface area contributed by atoms with Gasteiger partial charge >= 0.3 is 0 Å². The summed E-state index contributed by atoms with van der Waals surface area (Å²) in [6, 6.07) is 3.63. The van der Waals surface area contributed by atoms with Gasteiger partial charge in [-0.15, -0.1) is 0 Å². The van der Waals surface area contributed by atoms with Gasteiger partial charge in [-0.2, -0.15) is 5.26 Å². The van der Waals surface area contributed by atoms with Gasteiger partial charge in [0.25, 0.3) is 0 Å². The van der Waals surface area contributed by atoms with Crippen molar-refractivity contribution < 1.29 is 4.79 Å². The monoisotopic (exact) mass is 218 g/mol. The molecular formula is C11H14N4O. The highest BCUT2D eigenvalue weighted by Gasteiger charge is 2.03. The number of nitrogens with zero attached hydrogens (tertiary/aromatic N) is 2. The predicted octanol–water partition coefficient (Wildman–Crippen LogP) is 0.891. The zero-order chi connectivity index (χ0) is 11.8. The maximum absolute atomic E-state index is 11.3. The number of carbonyl (C=O) groups is 1. The van der Waals surface area contributed by atoms with Gasteiger partial charge in [-0.05, 0) is 12.5 Å². The molecule has 0 aliphatic carbocycles. The minimum atomic E-state index is -0.0883. The molecule has 5 nitrogen and oxygen atoms in total. The van der Waals surface area contributed by atoms with Crippen molar-refractivity contribution in [2.45, 2.75) is 13.3 Å². The third kappa shape index (κ3) is 3.58. The van der Waals surface area contributed by atoms with E-state index in [1.165, 1.54) is 6.20 Å². The maximum Gasteiger partial charge on any atom is 0.239 e. The van der Waals surface area contributed by atoms with E-state index in [4.69, 9.17) is 5.26 Å². The summed E-state index contributed by atoms with van der Waals surface area (Å²) >= 11 is 0. The lowest BCUT2D eigenvalue weighted by Crippen LogP contribution is -2.30. The summed E-state index contributed by atoms with van der Waals surface area (Å²) in [4.78, 5) is 15.2. The minimum absolute atomic E-state index is 0.0883. The number of nitrogens with one attached hydrogen (secondary N) is 2. The number of hydrogen-bond donors (Lipinski definition) is 2. The number of anilines is 1. The van der Waals surface area contributed by atoms with E-state index in [0.717, 1.165) is 6.42 Å². The second-order valence-electron chi connectivity index (χ2n) is 3.24. The van der Waals surface area contributed by atoms with Crippen molar-refractivity contribution in [3.05, 3.63) is 24.0 Å². The van der Waals surface area contributed by atoms with Crippen molar-refractivity contribution in [1.29, 1.82) is 5.26 Å². The van der Waals surface area contributed by atoms with Gasteiger partial charge in [-0.25, -0.2) is 0 Å². The van der Waals surface area contributed by atoms with Crippen molar-refractivity contribution in [2.24, 2.45) is 0 Å². The van der Waals surface area contributed by atoms with Crippen LogP contribution in [0.2, 0.25) is 0 Å². The van der Waals surface area contributed by atoms with Crippen LogP contribution in [0.25, 0.3) is 0 Å². The molecule has 5 heteroatoms. The molecule has 0 unspecified atom stereocenters. The molecule has 0 bridgehead atoms. The molecule has 0 aromatic carbocycles. The number of carbonyl (C=O) groups excluding carboxylic acids is 1. The lowest BCUT2D eigenvalue weighted by molar-refractivity contribution is -0.119. The quantitative estimate of drug-likeness (QED) is 0.769. The molecule has 0 atom stereocenters. The van der Waals surface area contributed by atoms with Crippen LogP contribution >= 0.6 is 0 Å². The van der Waals surface area contributed by atoms with Gasteiger partial charge in [-0.1, -0.05) is 6.92 Å². The zero-order valence-electron chi connectivity index (χ0n) is 9.16. The minimum Gasteiger partial charge on any atom is -0.374 e. The number of amides is 1. The average molecular weight is 218 g/mol. The van der Waals surface area contributed by atoms with Gasteiger partial charge in [-0.3, -0.25) is 9.78 Å². The van der Waals surface area contributed by atoms with Crippen LogP contribution in [0.15, 0.2) is 18.5 Å². The molecule has 0 fully saturated rings. The van der Waals surface area contributed by atoms with Crippen LogP contribution in [0.3, 0.4) is 0 Å². The molecule has 1 aromatic heterocycles. The van der Waals surface area contributed by atoms with Gasteiger partial charge in [0.2, 0.25) is 5.91 Å². The van der Waals surface area contributed by atoms with Crippen LogP contribution < -0.4 is 10.6 Å². The Kier molecular flexibility index (Phi) is 4.80. The third-order valence-electron chi connectivity index (χ3n) is 1.95. The summed E-state index contributed by atoms with van der Waals surface area (Å²) in [6.07, 6.45) is 3.98. The van der Waals surface area contributed by atoms with E-state index in [-0.39, 0.29) is 12.5 Å². The molecule has 84 valence electrons. The Bertz CT molecular complexity index is 397. The summed E-state index contributed by atoms with van der Waals surface area (Å²) in [7, 11) is 0. The van der Waals surface area contributed by atoms with Gasteiger partial charge in [0.15, 0.2) is 0 Å². The molecule has 0 radical (unpaired) electrons. The summed E-state index contributed by atoms with van der Waals surface area (Å²) in [5.41, 5.74) is 1.06. The fourth-order valence-electron chi connectivity index (χ4n) is 1.14. The molecule has 0 aliphatic heterocycles. The Morgan fingerprint density at radius 3 is 3.12 bits per heavy atom. The van der Waals surface area contributed by atoms with Crippen molar-refractivity contribution >= 4 is 11.6 Å². The Morgan fingerprint density at radius 1 is 1.62 bits per heavy atom. The van der Waals surface area contributed by atoms with Crippen LogP contribution in [0.1, 0.15) is 18.9 Å². The smallest absolute Gasteiger partial charge is 0.239 e. The molecule has 2 N–H and O–H groups in total. The molecule has 0 spiro atoms. The Balaban J connectivity index is 2.48. The van der Waals surface area contributed by atoms with E-state index in [9.17, 15) is 4.79 Å². The van der Waals surface area contributed by atoms with Crippen molar-refractivity contribution in [3.8, 4) is 6.07 Å². The summed E-state index contributed by atoms with van der Waals surface area (Å²) < 4.78 is 0. The molecule has 1 aromatic rings. The largest absolute Gasteiger partial charge is 0.374 e. The first-order chi connectivity index (χ1) is 7.77.